The Bertz CT molecular complexity index is 428. The second-order valence-corrected chi connectivity index (χ2v) is 5.44. The summed E-state index contributed by atoms with van der Waals surface area (Å²) < 4.78 is 0. The van der Waals surface area contributed by atoms with Crippen molar-refractivity contribution in [3.05, 3.63) is 35.4 Å². The predicted molar refractivity (Wildman–Crippen MR) is 74.6 cm³/mol. The van der Waals surface area contributed by atoms with E-state index in [-0.39, 0.29) is 6.10 Å². The summed E-state index contributed by atoms with van der Waals surface area (Å²) in [5, 5.41) is 9.68. The van der Waals surface area contributed by atoms with Crippen molar-refractivity contribution in [2.45, 2.75) is 32.4 Å². The number of piperidine rings is 1. The molecule has 104 valence electrons. The summed E-state index contributed by atoms with van der Waals surface area (Å²) in [6.45, 7) is 4.74. The van der Waals surface area contributed by atoms with Gasteiger partial charge in [-0.25, -0.2) is 0 Å². The van der Waals surface area contributed by atoms with Crippen LogP contribution in [-0.4, -0.2) is 35.1 Å². The van der Waals surface area contributed by atoms with Crippen molar-refractivity contribution in [1.82, 2.24) is 4.90 Å². The molecule has 1 aromatic rings. The second-order valence-electron chi connectivity index (χ2n) is 5.44. The maximum atomic E-state index is 11.0. The number of rotatable bonds is 4. The second kappa shape index (κ2) is 6.17. The van der Waals surface area contributed by atoms with Gasteiger partial charge in [-0.15, -0.1) is 0 Å². The lowest BCUT2D eigenvalue weighted by Gasteiger charge is -2.34. The standard InChI is InChI=1S/C15H22N2O2/c1-11(18)14-3-2-8-17(10-14)9-12-4-6-13(7-5-12)15(16)19/h4-7,11,14,18H,2-3,8-10H2,1H3,(H2,16,19). The number of nitrogens with two attached hydrogens (primary N) is 1. The van der Waals surface area contributed by atoms with Crippen molar-refractivity contribution in [2.24, 2.45) is 11.7 Å². The Morgan fingerprint density at radius 3 is 2.74 bits per heavy atom. The molecule has 0 aliphatic carbocycles. The third-order valence-electron chi connectivity index (χ3n) is 3.87. The summed E-state index contributed by atoms with van der Waals surface area (Å²) in [5.41, 5.74) is 6.95. The number of carbonyl (C=O) groups excluding carboxylic acids is 1. The molecule has 2 atom stereocenters. The van der Waals surface area contributed by atoms with Crippen LogP contribution in [0.1, 0.15) is 35.7 Å². The zero-order valence-corrected chi connectivity index (χ0v) is 11.4. The Kier molecular flexibility index (Phi) is 4.56. The Labute approximate surface area is 114 Å². The van der Waals surface area contributed by atoms with Gasteiger partial charge in [0.1, 0.15) is 0 Å². The maximum Gasteiger partial charge on any atom is 0.248 e. The molecule has 0 radical (unpaired) electrons. The normalized spacial score (nSPS) is 22.1. The molecule has 4 heteroatoms. The molecule has 1 heterocycles. The molecule has 0 saturated carbocycles. The van der Waals surface area contributed by atoms with E-state index in [4.69, 9.17) is 5.73 Å². The van der Waals surface area contributed by atoms with Crippen LogP contribution in [0, 0.1) is 5.92 Å². The molecular formula is C15H22N2O2. The van der Waals surface area contributed by atoms with Crippen LogP contribution in [0.2, 0.25) is 0 Å². The van der Waals surface area contributed by atoms with Crippen LogP contribution in [0.15, 0.2) is 24.3 Å². The van der Waals surface area contributed by atoms with Crippen LogP contribution in [0.4, 0.5) is 0 Å². The minimum Gasteiger partial charge on any atom is -0.393 e. The van der Waals surface area contributed by atoms with Crippen molar-refractivity contribution < 1.29 is 9.90 Å². The highest BCUT2D eigenvalue weighted by Gasteiger charge is 2.23. The maximum absolute atomic E-state index is 11.0. The quantitative estimate of drug-likeness (QED) is 0.861. The predicted octanol–water partition coefficient (Wildman–Crippen LogP) is 1.38. The molecule has 1 amide bonds. The van der Waals surface area contributed by atoms with Gasteiger partial charge in [0.05, 0.1) is 6.10 Å². The number of amides is 1. The third kappa shape index (κ3) is 3.78. The molecule has 2 unspecified atom stereocenters. The van der Waals surface area contributed by atoms with Crippen LogP contribution in [0.3, 0.4) is 0 Å². The molecule has 0 aromatic heterocycles. The SMILES string of the molecule is CC(O)C1CCCN(Cc2ccc(C(N)=O)cc2)C1. The smallest absolute Gasteiger partial charge is 0.248 e. The molecule has 0 bridgehead atoms. The third-order valence-corrected chi connectivity index (χ3v) is 3.87. The van der Waals surface area contributed by atoms with E-state index in [1.165, 1.54) is 5.56 Å². The lowest BCUT2D eigenvalue weighted by Crippen LogP contribution is -2.39. The van der Waals surface area contributed by atoms with E-state index in [9.17, 15) is 9.90 Å². The van der Waals surface area contributed by atoms with Gasteiger partial charge < -0.3 is 10.8 Å². The van der Waals surface area contributed by atoms with Gasteiger partial charge in [-0.2, -0.15) is 0 Å². The van der Waals surface area contributed by atoms with Crippen LogP contribution in [0.5, 0.6) is 0 Å². The van der Waals surface area contributed by atoms with E-state index < -0.39 is 5.91 Å². The molecule has 1 aliphatic heterocycles. The van der Waals surface area contributed by atoms with Crippen molar-refractivity contribution in [3.63, 3.8) is 0 Å². The first kappa shape index (κ1) is 14.0. The van der Waals surface area contributed by atoms with E-state index in [1.807, 2.05) is 19.1 Å². The summed E-state index contributed by atoms with van der Waals surface area (Å²) in [5.74, 6) is -0.0164. The summed E-state index contributed by atoms with van der Waals surface area (Å²) in [6.07, 6.45) is 2.00. The average Bonchev–Trinajstić information content (AvgIpc) is 2.39. The van der Waals surface area contributed by atoms with Gasteiger partial charge in [-0.3, -0.25) is 9.69 Å². The van der Waals surface area contributed by atoms with E-state index >= 15 is 0 Å². The van der Waals surface area contributed by atoms with Gasteiger partial charge in [-0.05, 0) is 49.9 Å². The molecule has 2 rings (SSSR count). The number of aliphatic hydroxyl groups is 1. The zero-order valence-electron chi connectivity index (χ0n) is 11.4. The topological polar surface area (TPSA) is 66.6 Å². The molecule has 0 spiro atoms. The molecule has 1 aliphatic rings. The fourth-order valence-electron chi connectivity index (χ4n) is 2.66. The Hall–Kier alpha value is -1.39. The Morgan fingerprint density at radius 1 is 1.47 bits per heavy atom. The first-order valence-corrected chi connectivity index (χ1v) is 6.85. The summed E-state index contributed by atoms with van der Waals surface area (Å²) in [7, 11) is 0. The highest BCUT2D eigenvalue weighted by molar-refractivity contribution is 5.92. The van der Waals surface area contributed by atoms with E-state index in [0.717, 1.165) is 32.5 Å². The number of hydrogen-bond donors (Lipinski definition) is 2. The number of likely N-dealkylation sites (tertiary alicyclic amines) is 1. The molecule has 3 N–H and O–H groups in total. The number of benzene rings is 1. The molecule has 4 nitrogen and oxygen atoms in total. The van der Waals surface area contributed by atoms with Gasteiger partial charge in [0.2, 0.25) is 5.91 Å². The summed E-state index contributed by atoms with van der Waals surface area (Å²) in [4.78, 5) is 13.4. The number of carbonyl (C=O) groups is 1. The highest BCUT2D eigenvalue weighted by Crippen LogP contribution is 2.21. The van der Waals surface area contributed by atoms with Gasteiger partial charge in [0.25, 0.3) is 0 Å². The lowest BCUT2D eigenvalue weighted by atomic mass is 9.93. The Balaban J connectivity index is 1.95. The number of hydrogen-bond acceptors (Lipinski definition) is 3. The molecule has 1 aromatic carbocycles. The van der Waals surface area contributed by atoms with Crippen molar-refractivity contribution in [2.75, 3.05) is 13.1 Å². The van der Waals surface area contributed by atoms with E-state index in [2.05, 4.69) is 4.90 Å². The highest BCUT2D eigenvalue weighted by atomic mass is 16.3. The van der Waals surface area contributed by atoms with Crippen molar-refractivity contribution in [3.8, 4) is 0 Å². The van der Waals surface area contributed by atoms with Gasteiger partial charge in [0.15, 0.2) is 0 Å². The minimum atomic E-state index is -0.390. The fourth-order valence-corrected chi connectivity index (χ4v) is 2.66. The van der Waals surface area contributed by atoms with Crippen molar-refractivity contribution >= 4 is 5.91 Å². The summed E-state index contributed by atoms with van der Waals surface area (Å²) >= 11 is 0. The monoisotopic (exact) mass is 262 g/mol. The van der Waals surface area contributed by atoms with Crippen LogP contribution >= 0.6 is 0 Å². The molecule has 1 saturated heterocycles. The first-order valence-electron chi connectivity index (χ1n) is 6.85. The van der Waals surface area contributed by atoms with Crippen LogP contribution < -0.4 is 5.73 Å². The first-order chi connectivity index (χ1) is 9.06. The number of aliphatic hydroxyl groups excluding tert-OH is 1. The Morgan fingerprint density at radius 2 is 2.16 bits per heavy atom. The minimum absolute atomic E-state index is 0.236. The van der Waals surface area contributed by atoms with Gasteiger partial charge >= 0.3 is 0 Å². The number of nitrogens with zero attached hydrogens (tertiary/aromatic N) is 1. The van der Waals surface area contributed by atoms with Crippen LogP contribution in [0.25, 0.3) is 0 Å². The lowest BCUT2D eigenvalue weighted by molar-refractivity contribution is 0.0599. The van der Waals surface area contributed by atoms with E-state index in [0.29, 0.717) is 11.5 Å². The van der Waals surface area contributed by atoms with Gasteiger partial charge in [-0.1, -0.05) is 12.1 Å². The zero-order chi connectivity index (χ0) is 13.8. The van der Waals surface area contributed by atoms with E-state index in [1.54, 1.807) is 12.1 Å². The molecule has 19 heavy (non-hydrogen) atoms. The van der Waals surface area contributed by atoms with Crippen molar-refractivity contribution in [1.29, 1.82) is 0 Å². The molecule has 1 fully saturated rings. The number of primary amides is 1. The molecular weight excluding hydrogens is 240 g/mol. The summed E-state index contributed by atoms with van der Waals surface area (Å²) in [6, 6.07) is 7.44. The fraction of sp³-hybridized carbons (Fsp3) is 0.533. The largest absolute Gasteiger partial charge is 0.393 e. The van der Waals surface area contributed by atoms with Crippen LogP contribution in [-0.2, 0) is 6.54 Å². The average molecular weight is 262 g/mol. The van der Waals surface area contributed by atoms with Gasteiger partial charge in [0, 0.05) is 18.7 Å².